The highest BCUT2D eigenvalue weighted by Crippen LogP contribution is 1.89. The summed E-state index contributed by atoms with van der Waals surface area (Å²) in [4.78, 5) is 21.6. The monoisotopic (exact) mass is 198 g/mol. The van der Waals surface area contributed by atoms with Crippen molar-refractivity contribution in [1.82, 2.24) is 10.6 Å². The molecule has 3 N–H and O–H groups in total. The first kappa shape index (κ1) is 12.3. The maximum Gasteiger partial charge on any atom is 0.326 e. The van der Waals surface area contributed by atoms with Gasteiger partial charge in [-0.25, -0.2) is 9.59 Å². The average molecular weight is 198 g/mol. The van der Waals surface area contributed by atoms with E-state index in [1.165, 1.54) is 0 Å². The maximum absolute atomic E-state index is 11.0. The number of carboxylic acids is 1. The van der Waals surface area contributed by atoms with E-state index >= 15 is 0 Å². The molecule has 0 aromatic rings. The van der Waals surface area contributed by atoms with Crippen molar-refractivity contribution in [3.63, 3.8) is 0 Å². The second-order valence-corrected chi connectivity index (χ2v) is 2.65. The first-order valence-electron chi connectivity index (χ1n) is 4.32. The minimum absolute atomic E-state index is 0.345. The molecule has 0 aliphatic rings. The molecule has 0 aromatic carbocycles. The van der Waals surface area contributed by atoms with Gasteiger partial charge in [-0.05, 0) is 6.42 Å². The molecule has 78 valence electrons. The average Bonchev–Trinajstić information content (AvgIpc) is 2.14. The van der Waals surface area contributed by atoms with Crippen LogP contribution in [0.15, 0.2) is 0 Å². The Kier molecular flexibility index (Phi) is 5.95. The molecule has 5 nitrogen and oxygen atoms in total. The van der Waals surface area contributed by atoms with E-state index in [1.54, 1.807) is 6.92 Å². The fourth-order valence-corrected chi connectivity index (χ4v) is 0.796. The number of terminal acetylenes is 1. The number of carboxylic acid groups (broad SMARTS) is 1. The number of carbonyl (C=O) groups is 2. The van der Waals surface area contributed by atoms with Crippen LogP contribution in [0.25, 0.3) is 0 Å². The minimum Gasteiger partial charge on any atom is -0.480 e. The number of carbonyl (C=O) groups excluding carboxylic acids is 1. The van der Waals surface area contributed by atoms with E-state index in [1.807, 2.05) is 0 Å². The highest BCUT2D eigenvalue weighted by Gasteiger charge is 2.16. The molecule has 0 aromatic heterocycles. The van der Waals surface area contributed by atoms with Gasteiger partial charge in [0.05, 0.1) is 0 Å². The third-order valence-electron chi connectivity index (χ3n) is 1.57. The zero-order valence-electron chi connectivity index (χ0n) is 8.04. The van der Waals surface area contributed by atoms with Crippen molar-refractivity contribution < 1.29 is 14.7 Å². The van der Waals surface area contributed by atoms with Crippen molar-refractivity contribution in [2.45, 2.75) is 25.8 Å². The number of hydrogen-bond donors (Lipinski definition) is 3. The van der Waals surface area contributed by atoms with Gasteiger partial charge in [-0.3, -0.25) is 0 Å². The SMILES string of the molecule is C#CCCNC(=O)N[C@@H](CC)C(=O)O. The first-order valence-corrected chi connectivity index (χ1v) is 4.32. The van der Waals surface area contributed by atoms with Crippen LogP contribution in [-0.4, -0.2) is 29.7 Å². The summed E-state index contributed by atoms with van der Waals surface area (Å²) >= 11 is 0. The maximum atomic E-state index is 11.0. The molecule has 1 atom stereocenters. The lowest BCUT2D eigenvalue weighted by atomic mass is 10.2. The molecule has 0 unspecified atom stereocenters. The summed E-state index contributed by atoms with van der Waals surface area (Å²) in [6.07, 6.45) is 5.75. The minimum atomic E-state index is -1.04. The first-order chi connectivity index (χ1) is 6.61. The summed E-state index contributed by atoms with van der Waals surface area (Å²) in [5.74, 6) is 1.31. The van der Waals surface area contributed by atoms with E-state index in [0.29, 0.717) is 19.4 Å². The quantitative estimate of drug-likeness (QED) is 0.435. The molecule has 0 heterocycles. The molecule has 0 bridgehead atoms. The predicted molar refractivity (Wildman–Crippen MR) is 51.7 cm³/mol. The van der Waals surface area contributed by atoms with Crippen LogP contribution in [0.1, 0.15) is 19.8 Å². The number of aliphatic carboxylic acids is 1. The lowest BCUT2D eigenvalue weighted by Gasteiger charge is -2.12. The Morgan fingerprint density at radius 3 is 2.64 bits per heavy atom. The normalized spacial score (nSPS) is 11.1. The summed E-state index contributed by atoms with van der Waals surface area (Å²) in [5, 5.41) is 13.4. The molecule has 5 heteroatoms. The van der Waals surface area contributed by atoms with Crippen molar-refractivity contribution >= 4 is 12.0 Å². The smallest absolute Gasteiger partial charge is 0.326 e. The largest absolute Gasteiger partial charge is 0.480 e. The van der Waals surface area contributed by atoms with Gasteiger partial charge in [0, 0.05) is 13.0 Å². The predicted octanol–water partition coefficient (Wildman–Crippen LogP) is 0.172. The van der Waals surface area contributed by atoms with Gasteiger partial charge in [0.1, 0.15) is 6.04 Å². The van der Waals surface area contributed by atoms with E-state index < -0.39 is 18.0 Å². The van der Waals surface area contributed by atoms with E-state index in [0.717, 1.165) is 0 Å². The summed E-state index contributed by atoms with van der Waals surface area (Å²) in [6.45, 7) is 2.03. The Balaban J connectivity index is 3.80. The lowest BCUT2D eigenvalue weighted by Crippen LogP contribution is -2.45. The molecule has 2 amide bonds. The van der Waals surface area contributed by atoms with Gasteiger partial charge < -0.3 is 15.7 Å². The molecule has 14 heavy (non-hydrogen) atoms. The molecule has 0 rings (SSSR count). The molecule has 0 spiro atoms. The van der Waals surface area contributed by atoms with Crippen molar-refractivity contribution in [2.24, 2.45) is 0 Å². The third kappa shape index (κ3) is 5.04. The summed E-state index contributed by atoms with van der Waals surface area (Å²) < 4.78 is 0. The lowest BCUT2D eigenvalue weighted by molar-refractivity contribution is -0.139. The standard InChI is InChI=1S/C9H14N2O3/c1-3-5-6-10-9(14)11-7(4-2)8(12)13/h1,7H,4-6H2,2H3,(H,12,13)(H2,10,11,14)/t7-/m0/s1. The number of amides is 2. The molecule has 0 saturated heterocycles. The summed E-state index contributed by atoms with van der Waals surface area (Å²) in [7, 11) is 0. The van der Waals surface area contributed by atoms with Gasteiger partial charge in [0.25, 0.3) is 0 Å². The van der Waals surface area contributed by atoms with Crippen LogP contribution in [0, 0.1) is 12.3 Å². The van der Waals surface area contributed by atoms with E-state index in [2.05, 4.69) is 16.6 Å². The molecular formula is C9H14N2O3. The number of nitrogens with one attached hydrogen (secondary N) is 2. The zero-order chi connectivity index (χ0) is 11.0. The third-order valence-corrected chi connectivity index (χ3v) is 1.57. The number of hydrogen-bond acceptors (Lipinski definition) is 2. The summed E-state index contributed by atoms with van der Waals surface area (Å²) in [5.41, 5.74) is 0. The van der Waals surface area contributed by atoms with Gasteiger partial charge in [-0.15, -0.1) is 12.3 Å². The Morgan fingerprint density at radius 2 is 2.21 bits per heavy atom. The van der Waals surface area contributed by atoms with Crippen molar-refractivity contribution in [1.29, 1.82) is 0 Å². The van der Waals surface area contributed by atoms with E-state index in [4.69, 9.17) is 11.5 Å². The van der Waals surface area contributed by atoms with E-state index in [9.17, 15) is 9.59 Å². The van der Waals surface area contributed by atoms with Gasteiger partial charge in [0.2, 0.25) is 0 Å². The van der Waals surface area contributed by atoms with Gasteiger partial charge in [-0.1, -0.05) is 6.92 Å². The van der Waals surface area contributed by atoms with Crippen LogP contribution in [0.2, 0.25) is 0 Å². The van der Waals surface area contributed by atoms with Crippen LogP contribution in [0.4, 0.5) is 4.79 Å². The van der Waals surface area contributed by atoms with Crippen LogP contribution >= 0.6 is 0 Å². The Hall–Kier alpha value is -1.70. The highest BCUT2D eigenvalue weighted by molar-refractivity contribution is 5.82. The van der Waals surface area contributed by atoms with Crippen LogP contribution < -0.4 is 10.6 Å². The second kappa shape index (κ2) is 6.78. The Labute approximate surface area is 82.9 Å². The molecule has 0 fully saturated rings. The fraction of sp³-hybridized carbons (Fsp3) is 0.556. The van der Waals surface area contributed by atoms with Crippen molar-refractivity contribution in [2.75, 3.05) is 6.54 Å². The van der Waals surface area contributed by atoms with Crippen LogP contribution in [-0.2, 0) is 4.79 Å². The number of urea groups is 1. The van der Waals surface area contributed by atoms with Gasteiger partial charge >= 0.3 is 12.0 Å². The Bertz CT molecular complexity index is 245. The van der Waals surface area contributed by atoms with Crippen molar-refractivity contribution in [3.8, 4) is 12.3 Å². The summed E-state index contributed by atoms with van der Waals surface area (Å²) in [6, 6.07) is -1.35. The highest BCUT2D eigenvalue weighted by atomic mass is 16.4. The molecular weight excluding hydrogens is 184 g/mol. The van der Waals surface area contributed by atoms with Crippen molar-refractivity contribution in [3.05, 3.63) is 0 Å². The van der Waals surface area contributed by atoms with Gasteiger partial charge in [-0.2, -0.15) is 0 Å². The topological polar surface area (TPSA) is 78.4 Å². The van der Waals surface area contributed by atoms with E-state index in [-0.39, 0.29) is 0 Å². The second-order valence-electron chi connectivity index (χ2n) is 2.65. The molecule has 0 aliphatic heterocycles. The zero-order valence-corrected chi connectivity index (χ0v) is 8.04. The fourth-order valence-electron chi connectivity index (χ4n) is 0.796. The van der Waals surface area contributed by atoms with Crippen LogP contribution in [0.3, 0.4) is 0 Å². The molecule has 0 radical (unpaired) electrons. The number of rotatable bonds is 5. The Morgan fingerprint density at radius 1 is 1.57 bits per heavy atom. The van der Waals surface area contributed by atoms with Crippen LogP contribution in [0.5, 0.6) is 0 Å². The molecule has 0 saturated carbocycles. The molecule has 0 aliphatic carbocycles. The van der Waals surface area contributed by atoms with Gasteiger partial charge in [0.15, 0.2) is 0 Å².